The molecule has 0 amide bonds. The number of hydrogen-bond acceptors (Lipinski definition) is 19. The van der Waals surface area contributed by atoms with Crippen LogP contribution in [0.5, 0.6) is 0 Å². The minimum Gasteiger partial charge on any atom is -0.394 e. The topological polar surface area (TPSA) is 385 Å². The maximum atomic E-state index is 11.3. The van der Waals surface area contributed by atoms with Crippen molar-refractivity contribution < 1.29 is 59.8 Å². The van der Waals surface area contributed by atoms with Crippen LogP contribution in [0.2, 0.25) is 0 Å². The number of hydrogen-bond donors (Lipinski definition) is 18. The van der Waals surface area contributed by atoms with Crippen LogP contribution in [-0.4, -0.2) is 217 Å². The van der Waals surface area contributed by atoms with Gasteiger partial charge in [-0.15, -0.1) is 0 Å². The Morgan fingerprint density at radius 3 is 1.77 bits per heavy atom. The van der Waals surface area contributed by atoms with Gasteiger partial charge in [0.2, 0.25) is 0 Å². The van der Waals surface area contributed by atoms with E-state index in [9.17, 15) is 40.9 Å². The predicted molar refractivity (Wildman–Crippen MR) is 185 cm³/mol. The van der Waals surface area contributed by atoms with Crippen LogP contribution in [0.25, 0.3) is 0 Å². The first-order valence-electron chi connectivity index (χ1n) is 17.4. The van der Waals surface area contributed by atoms with E-state index in [2.05, 4.69) is 36.9 Å². The van der Waals surface area contributed by atoms with E-state index in [1.807, 2.05) is 0 Å². The summed E-state index contributed by atoms with van der Waals surface area (Å²) in [5.41, 5.74) is 14.1. The number of aliphatic hydroxyl groups is 8. The first-order valence-corrected chi connectivity index (χ1v) is 17.4. The van der Waals surface area contributed by atoms with Crippen molar-refractivity contribution in [3.63, 3.8) is 0 Å². The molecule has 0 aromatic rings. The van der Waals surface area contributed by atoms with E-state index < -0.39 is 116 Å². The second kappa shape index (κ2) is 21.1. The summed E-state index contributed by atoms with van der Waals surface area (Å²) >= 11 is 0. The third kappa shape index (κ3) is 11.2. The van der Waals surface area contributed by atoms with E-state index in [1.165, 1.54) is 14.0 Å². The number of rotatable bonds is 9. The highest BCUT2D eigenvalue weighted by Crippen LogP contribution is 2.38. The third-order valence-electron chi connectivity index (χ3n) is 9.46. The molecule has 3 saturated heterocycles. The fourth-order valence-electron chi connectivity index (χ4n) is 6.43. The molecular formula is C29H61N11O12. The summed E-state index contributed by atoms with van der Waals surface area (Å²) < 4.78 is 23.2. The van der Waals surface area contributed by atoms with Gasteiger partial charge in [-0.3, -0.25) is 5.41 Å². The van der Waals surface area contributed by atoms with Crippen molar-refractivity contribution in [2.75, 3.05) is 72.6 Å². The molecule has 0 aromatic carbocycles. The Morgan fingerprint density at radius 2 is 1.33 bits per heavy atom. The molecule has 52 heavy (non-hydrogen) atoms. The van der Waals surface area contributed by atoms with Crippen molar-refractivity contribution in [3.05, 3.63) is 0 Å². The zero-order valence-electron chi connectivity index (χ0n) is 29.5. The van der Waals surface area contributed by atoms with Gasteiger partial charge in [-0.25, -0.2) is 4.99 Å². The van der Waals surface area contributed by atoms with Crippen molar-refractivity contribution in [2.24, 2.45) is 22.2 Å². The maximum Gasteiger partial charge on any atom is 0.187 e. The molecule has 4 aliphatic rings. The van der Waals surface area contributed by atoms with Gasteiger partial charge in [-0.2, -0.15) is 0 Å². The Bertz CT molecular complexity index is 1060. The minimum absolute atomic E-state index is 0.495. The highest BCUT2D eigenvalue weighted by molar-refractivity contribution is 5.76. The lowest BCUT2D eigenvalue weighted by Gasteiger charge is -2.46. The average Bonchev–Trinajstić information content (AvgIpc) is 3.33. The lowest BCUT2D eigenvalue weighted by atomic mass is 9.81. The summed E-state index contributed by atoms with van der Waals surface area (Å²) in [7, 11) is 1.44. The molecule has 0 spiro atoms. The lowest BCUT2D eigenvalue weighted by Crippen LogP contribution is -2.70. The Kier molecular flexibility index (Phi) is 17.9. The highest BCUT2D eigenvalue weighted by atomic mass is 16.8. The van der Waals surface area contributed by atoms with Crippen molar-refractivity contribution in [2.45, 2.75) is 98.2 Å². The van der Waals surface area contributed by atoms with Crippen LogP contribution in [-0.2, 0) is 18.9 Å². The largest absolute Gasteiger partial charge is 0.394 e. The molecule has 4 rings (SSSR count). The van der Waals surface area contributed by atoms with Gasteiger partial charge in [0, 0.05) is 52.4 Å². The van der Waals surface area contributed by atoms with Gasteiger partial charge in [-0.1, -0.05) is 0 Å². The lowest BCUT2D eigenvalue weighted by molar-refractivity contribution is -0.318. The maximum absolute atomic E-state index is 11.3. The normalized spacial score (nSPS) is 42.1. The first-order chi connectivity index (χ1) is 24.7. The van der Waals surface area contributed by atoms with Crippen LogP contribution < -0.4 is 49.1 Å². The molecule has 0 bridgehead atoms. The fraction of sp³-hybridized carbons (Fsp3) is 0.931. The van der Waals surface area contributed by atoms with E-state index >= 15 is 0 Å². The summed E-state index contributed by atoms with van der Waals surface area (Å²) in [5, 5.41) is 110. The number of aliphatic hydroxyl groups excluding tert-OH is 7. The second-order valence-electron chi connectivity index (χ2n) is 13.1. The molecule has 0 unspecified atom stereocenters. The molecule has 1 aliphatic carbocycles. The summed E-state index contributed by atoms with van der Waals surface area (Å²) in [5.74, 6) is -1.13. The molecular weight excluding hydrogens is 694 g/mol. The van der Waals surface area contributed by atoms with E-state index in [0.717, 1.165) is 52.4 Å². The average molecular weight is 756 g/mol. The Morgan fingerprint density at radius 1 is 0.788 bits per heavy atom. The van der Waals surface area contributed by atoms with E-state index in [-0.39, 0.29) is 0 Å². The molecule has 3 aliphatic heterocycles. The molecule has 0 radical (unpaired) electrons. The van der Waals surface area contributed by atoms with E-state index in [0.29, 0.717) is 0 Å². The van der Waals surface area contributed by atoms with Crippen LogP contribution in [0.3, 0.4) is 0 Å². The molecule has 21 N–H and O–H groups in total. The zero-order valence-corrected chi connectivity index (χ0v) is 29.5. The minimum atomic E-state index is -2.15. The molecule has 4 fully saturated rings. The number of nitrogens with one attached hydrogen (secondary N) is 7. The number of guanidine groups is 2. The van der Waals surface area contributed by atoms with Crippen LogP contribution >= 0.6 is 0 Å². The summed E-state index contributed by atoms with van der Waals surface area (Å²) in [6.07, 6.45) is -16.9. The van der Waals surface area contributed by atoms with Crippen molar-refractivity contribution in [1.82, 2.24) is 31.9 Å². The molecule has 23 heteroatoms. The number of nitrogens with two attached hydrogens (primary N) is 3. The Hall–Kier alpha value is -2.14. The first kappa shape index (κ1) is 44.3. The zero-order chi connectivity index (χ0) is 38.6. The Labute approximate surface area is 302 Å². The van der Waals surface area contributed by atoms with Gasteiger partial charge in [0.05, 0.1) is 31.4 Å². The van der Waals surface area contributed by atoms with Crippen LogP contribution in [0.15, 0.2) is 4.99 Å². The molecule has 0 aromatic heterocycles. The van der Waals surface area contributed by atoms with E-state index in [1.54, 1.807) is 0 Å². The van der Waals surface area contributed by atoms with Crippen molar-refractivity contribution in [1.29, 1.82) is 5.41 Å². The molecule has 304 valence electrons. The molecule has 15 atom stereocenters. The monoisotopic (exact) mass is 755 g/mol. The van der Waals surface area contributed by atoms with Gasteiger partial charge in [0.15, 0.2) is 24.5 Å². The summed E-state index contributed by atoms with van der Waals surface area (Å²) in [6.45, 7) is 8.36. The predicted octanol–water partition coefficient (Wildman–Crippen LogP) is -9.80. The van der Waals surface area contributed by atoms with Crippen LogP contribution in [0.4, 0.5) is 0 Å². The summed E-state index contributed by atoms with van der Waals surface area (Å²) in [6, 6.07) is -3.94. The third-order valence-corrected chi connectivity index (χ3v) is 9.46. The van der Waals surface area contributed by atoms with Crippen LogP contribution in [0.1, 0.15) is 6.92 Å². The Balaban J connectivity index is 0.000000513. The van der Waals surface area contributed by atoms with Crippen LogP contribution in [0, 0.1) is 5.41 Å². The number of nitrogens with zero attached hydrogens (tertiary/aromatic N) is 1. The molecule has 1 saturated carbocycles. The standard InChI is InChI=1S/C21H41N7O12.C8H20N4/c1-5-21(36,4-30)16(40-17-9(26-2)13(34)10(31)6(3-29)38-17)18(37-5)39-15-8(28-20(24)25)11(32)7(27-19(22)23)12(33)14(15)35;1-2-10-5-6-12-8-7-11-4-3-9-1/h5-18,26,29-36H,3-4H2,1-2H3,(H4,22,23,27)(H4,24,25,28);9-12H,1-8H2/t5-,6-,7+,8-,9-,10-,11+,12-,13-,14+,15+,16-,17-,18-,21+;/m0./s1. The number of likely N-dealkylation sites (N-methyl/N-ethyl adjacent to an activating group) is 1. The SMILES string of the molecule is C1CNCCNCCNCCN1.CN[C@@H]1[C@H](O[C@H]2[C@H](O[C@H]3[C@H](O)[C@@H](O)[C@H](N=C(N)N)[C@@H](O)[C@@H]3NC(=N)N)O[C@@H](C)[C@]2(O)CO)O[C@@H](CO)[C@H](O)[C@H]1O. The molecule has 23 nitrogen and oxygen atoms in total. The fourth-order valence-corrected chi connectivity index (χ4v) is 6.43. The van der Waals surface area contributed by atoms with Crippen molar-refractivity contribution >= 4 is 11.9 Å². The summed E-state index contributed by atoms with van der Waals surface area (Å²) in [4.78, 5) is 3.75. The molecule has 3 heterocycles. The quantitative estimate of drug-likeness (QED) is 0.0767. The number of aliphatic imine (C=N–C) groups is 1. The second-order valence-corrected chi connectivity index (χ2v) is 13.1. The van der Waals surface area contributed by atoms with Gasteiger partial charge >= 0.3 is 0 Å². The van der Waals surface area contributed by atoms with Gasteiger partial charge in [-0.05, 0) is 14.0 Å². The van der Waals surface area contributed by atoms with Crippen molar-refractivity contribution in [3.8, 4) is 0 Å². The highest BCUT2D eigenvalue weighted by Gasteiger charge is 2.60. The number of ether oxygens (including phenoxy) is 4. The van der Waals surface area contributed by atoms with Gasteiger partial charge < -0.3 is 109 Å². The van der Waals surface area contributed by atoms with Gasteiger partial charge in [0.1, 0.15) is 60.5 Å². The van der Waals surface area contributed by atoms with Gasteiger partial charge in [0.25, 0.3) is 0 Å². The van der Waals surface area contributed by atoms with E-state index in [4.69, 9.17) is 41.6 Å². The smallest absolute Gasteiger partial charge is 0.187 e.